The molecule has 0 saturated heterocycles. The lowest BCUT2D eigenvalue weighted by atomic mass is 10.0. The van der Waals surface area contributed by atoms with Crippen molar-refractivity contribution in [2.75, 3.05) is 19.8 Å². The molecule has 0 heterocycles. The minimum Gasteiger partial charge on any atom is -0.327 e. The summed E-state index contributed by atoms with van der Waals surface area (Å²) in [4.78, 5) is 0. The molecular formula is C15H25NO3. The molecule has 0 aromatic heterocycles. The highest BCUT2D eigenvalue weighted by molar-refractivity contribution is 5.16. The van der Waals surface area contributed by atoms with Crippen LogP contribution in [0.15, 0.2) is 30.3 Å². The van der Waals surface area contributed by atoms with Crippen LogP contribution in [-0.4, -0.2) is 31.8 Å². The highest BCUT2D eigenvalue weighted by Crippen LogP contribution is 2.22. The van der Waals surface area contributed by atoms with Crippen molar-refractivity contribution in [3.8, 4) is 0 Å². The van der Waals surface area contributed by atoms with Crippen LogP contribution in [0.4, 0.5) is 0 Å². The number of nitrogens with two attached hydrogens (primary N) is 1. The monoisotopic (exact) mass is 267 g/mol. The minimum atomic E-state index is -1.16. The molecule has 4 nitrogen and oxygen atoms in total. The third-order valence-corrected chi connectivity index (χ3v) is 2.79. The van der Waals surface area contributed by atoms with E-state index in [9.17, 15) is 0 Å². The Labute approximate surface area is 115 Å². The largest absolute Gasteiger partial charge is 0.327 e. The zero-order chi connectivity index (χ0) is 14.1. The number of rotatable bonds is 9. The molecule has 4 heteroatoms. The zero-order valence-electron chi connectivity index (χ0n) is 12.1. The van der Waals surface area contributed by atoms with Crippen LogP contribution in [-0.2, 0) is 20.6 Å². The molecule has 19 heavy (non-hydrogen) atoms. The predicted molar refractivity (Wildman–Crippen MR) is 75.7 cm³/mol. The number of benzene rings is 1. The lowest BCUT2D eigenvalue weighted by molar-refractivity contribution is -0.385. The van der Waals surface area contributed by atoms with E-state index in [1.54, 1.807) is 0 Å². The summed E-state index contributed by atoms with van der Waals surface area (Å²) in [6, 6.07) is 9.66. The van der Waals surface area contributed by atoms with Gasteiger partial charge in [0.1, 0.15) is 0 Å². The Bertz CT molecular complexity index is 325. The van der Waals surface area contributed by atoms with Crippen molar-refractivity contribution < 1.29 is 14.2 Å². The Kier molecular flexibility index (Phi) is 7.02. The molecule has 1 unspecified atom stereocenters. The van der Waals surface area contributed by atoms with Crippen LogP contribution in [0.25, 0.3) is 0 Å². The number of hydrogen-bond acceptors (Lipinski definition) is 4. The fourth-order valence-electron chi connectivity index (χ4n) is 2.04. The smallest absolute Gasteiger partial charge is 0.299 e. The van der Waals surface area contributed by atoms with Crippen molar-refractivity contribution >= 4 is 0 Å². The molecule has 1 atom stereocenters. The summed E-state index contributed by atoms with van der Waals surface area (Å²) in [7, 11) is 0. The number of hydrogen-bond donors (Lipinski definition) is 1. The highest BCUT2D eigenvalue weighted by Gasteiger charge is 2.40. The van der Waals surface area contributed by atoms with Gasteiger partial charge in [0.05, 0.1) is 6.04 Å². The molecule has 108 valence electrons. The van der Waals surface area contributed by atoms with Crippen LogP contribution in [0, 0.1) is 0 Å². The highest BCUT2D eigenvalue weighted by atomic mass is 16.9. The van der Waals surface area contributed by atoms with Gasteiger partial charge in [-0.1, -0.05) is 30.3 Å². The van der Waals surface area contributed by atoms with Crippen molar-refractivity contribution in [1.29, 1.82) is 0 Å². The van der Waals surface area contributed by atoms with Crippen LogP contribution in [0.3, 0.4) is 0 Å². The molecule has 0 aliphatic heterocycles. The quantitative estimate of drug-likeness (QED) is 0.698. The standard InChI is InChI=1S/C15H25NO3/c1-4-17-15(18-5-2,19-6-3)14(16)12-13-10-8-7-9-11-13/h7-11,14H,4-6,12,16H2,1-3H3. The average Bonchev–Trinajstić information content (AvgIpc) is 2.40. The first-order chi connectivity index (χ1) is 9.18. The maximum absolute atomic E-state index is 6.27. The molecule has 0 amide bonds. The van der Waals surface area contributed by atoms with Crippen molar-refractivity contribution in [2.24, 2.45) is 5.73 Å². The van der Waals surface area contributed by atoms with Gasteiger partial charge in [-0.15, -0.1) is 0 Å². The van der Waals surface area contributed by atoms with E-state index in [0.29, 0.717) is 26.2 Å². The van der Waals surface area contributed by atoms with Gasteiger partial charge >= 0.3 is 0 Å². The number of ether oxygens (including phenoxy) is 3. The van der Waals surface area contributed by atoms with Gasteiger partial charge in [-0.3, -0.25) is 0 Å². The predicted octanol–water partition coefficient (Wildman–Crippen LogP) is 2.32. The van der Waals surface area contributed by atoms with Gasteiger partial charge in [0.2, 0.25) is 0 Å². The van der Waals surface area contributed by atoms with Gasteiger partial charge in [0.25, 0.3) is 5.97 Å². The fourth-order valence-corrected chi connectivity index (χ4v) is 2.04. The first-order valence-corrected chi connectivity index (χ1v) is 6.89. The van der Waals surface area contributed by atoms with Crippen molar-refractivity contribution in [2.45, 2.75) is 39.2 Å². The van der Waals surface area contributed by atoms with E-state index in [1.807, 2.05) is 51.1 Å². The third-order valence-electron chi connectivity index (χ3n) is 2.79. The molecule has 0 spiro atoms. The molecule has 0 saturated carbocycles. The Hall–Kier alpha value is -0.940. The second-order valence-electron chi connectivity index (χ2n) is 4.20. The Morgan fingerprint density at radius 3 is 1.84 bits per heavy atom. The first-order valence-electron chi connectivity index (χ1n) is 6.89. The molecule has 0 aliphatic rings. The maximum atomic E-state index is 6.27. The van der Waals surface area contributed by atoms with Gasteiger partial charge in [-0.2, -0.15) is 0 Å². The molecule has 2 N–H and O–H groups in total. The van der Waals surface area contributed by atoms with E-state index in [4.69, 9.17) is 19.9 Å². The summed E-state index contributed by atoms with van der Waals surface area (Å²) in [5.41, 5.74) is 7.41. The lowest BCUT2D eigenvalue weighted by Crippen LogP contribution is -2.55. The summed E-state index contributed by atoms with van der Waals surface area (Å²) in [5, 5.41) is 0. The average molecular weight is 267 g/mol. The molecule has 1 rings (SSSR count). The van der Waals surface area contributed by atoms with E-state index < -0.39 is 5.97 Å². The van der Waals surface area contributed by atoms with Gasteiger partial charge in [-0.25, -0.2) is 0 Å². The summed E-state index contributed by atoms with van der Waals surface area (Å²) in [6.07, 6.45) is 0.640. The van der Waals surface area contributed by atoms with Gasteiger partial charge in [0.15, 0.2) is 0 Å². The summed E-state index contributed by atoms with van der Waals surface area (Å²) in [6.45, 7) is 7.18. The van der Waals surface area contributed by atoms with E-state index >= 15 is 0 Å². The van der Waals surface area contributed by atoms with Crippen molar-refractivity contribution in [1.82, 2.24) is 0 Å². The molecule has 0 fully saturated rings. The summed E-state index contributed by atoms with van der Waals surface area (Å²) < 4.78 is 17.0. The molecule has 1 aromatic rings. The van der Waals surface area contributed by atoms with E-state index in [1.165, 1.54) is 0 Å². The summed E-state index contributed by atoms with van der Waals surface area (Å²) in [5.74, 6) is -1.16. The second kappa shape index (κ2) is 8.27. The first kappa shape index (κ1) is 16.1. The molecule has 0 aliphatic carbocycles. The van der Waals surface area contributed by atoms with Crippen LogP contribution >= 0.6 is 0 Å². The Morgan fingerprint density at radius 1 is 0.947 bits per heavy atom. The summed E-state index contributed by atoms with van der Waals surface area (Å²) >= 11 is 0. The van der Waals surface area contributed by atoms with Gasteiger partial charge < -0.3 is 19.9 Å². The van der Waals surface area contributed by atoms with Crippen molar-refractivity contribution in [3.63, 3.8) is 0 Å². The van der Waals surface area contributed by atoms with Crippen LogP contribution in [0.5, 0.6) is 0 Å². The lowest BCUT2D eigenvalue weighted by Gasteiger charge is -2.37. The second-order valence-corrected chi connectivity index (χ2v) is 4.20. The minimum absolute atomic E-state index is 0.380. The fraction of sp³-hybridized carbons (Fsp3) is 0.600. The zero-order valence-corrected chi connectivity index (χ0v) is 12.1. The van der Waals surface area contributed by atoms with E-state index in [0.717, 1.165) is 5.56 Å². The van der Waals surface area contributed by atoms with Crippen LogP contribution in [0.1, 0.15) is 26.3 Å². The van der Waals surface area contributed by atoms with Crippen molar-refractivity contribution in [3.05, 3.63) is 35.9 Å². The Morgan fingerprint density at radius 2 is 1.42 bits per heavy atom. The van der Waals surface area contributed by atoms with Gasteiger partial charge in [0, 0.05) is 19.8 Å². The normalized spacial score (nSPS) is 13.5. The molecule has 0 bridgehead atoms. The van der Waals surface area contributed by atoms with Crippen LogP contribution < -0.4 is 5.73 Å². The molecule has 0 radical (unpaired) electrons. The maximum Gasteiger partial charge on any atom is 0.299 e. The van der Waals surface area contributed by atoms with Crippen LogP contribution in [0.2, 0.25) is 0 Å². The third kappa shape index (κ3) is 4.58. The molecular weight excluding hydrogens is 242 g/mol. The van der Waals surface area contributed by atoms with E-state index in [2.05, 4.69) is 0 Å². The van der Waals surface area contributed by atoms with Gasteiger partial charge in [-0.05, 0) is 32.8 Å². The molecule has 1 aromatic carbocycles. The topological polar surface area (TPSA) is 53.7 Å². The van der Waals surface area contributed by atoms with E-state index in [-0.39, 0.29) is 6.04 Å². The Balaban J connectivity index is 2.82. The SMILES string of the molecule is CCOC(OCC)(OCC)C(N)Cc1ccccc1.